The third-order valence-corrected chi connectivity index (χ3v) is 9.15. The van der Waals surface area contributed by atoms with Gasteiger partial charge in [-0.3, -0.25) is 9.69 Å². The predicted octanol–water partition coefficient (Wildman–Crippen LogP) is 4.17. The summed E-state index contributed by atoms with van der Waals surface area (Å²) in [6.07, 6.45) is 4.53. The third-order valence-electron chi connectivity index (χ3n) is 9.15. The van der Waals surface area contributed by atoms with Crippen LogP contribution in [-0.4, -0.2) is 90.7 Å². The molecule has 0 saturated carbocycles. The SMILES string of the molecule is C=CC(=O)N1CCC(N2Cc3cnc(Nc4ccc(N5CCN(C)CC5)cc4)nc3N(C3CCOC3)C2=O)c2ccccc21. The fourth-order valence-electron chi connectivity index (χ4n) is 6.71. The van der Waals surface area contributed by atoms with Crippen molar-refractivity contribution in [1.82, 2.24) is 19.8 Å². The second-order valence-electron chi connectivity index (χ2n) is 11.9. The van der Waals surface area contributed by atoms with Crippen molar-refractivity contribution in [1.29, 1.82) is 0 Å². The number of amides is 3. The molecule has 3 amide bonds. The number of likely N-dealkylation sites (N-methyl/N-ethyl adjacent to an activating group) is 1. The fraction of sp³-hybridized carbons (Fsp3) is 0.394. The Labute approximate surface area is 257 Å². The van der Waals surface area contributed by atoms with Crippen molar-refractivity contribution in [3.63, 3.8) is 0 Å². The number of ether oxygens (including phenoxy) is 1. The molecule has 0 bridgehead atoms. The van der Waals surface area contributed by atoms with E-state index in [1.165, 1.54) is 11.8 Å². The van der Waals surface area contributed by atoms with Gasteiger partial charge in [0.1, 0.15) is 5.82 Å². The highest BCUT2D eigenvalue weighted by atomic mass is 16.5. The van der Waals surface area contributed by atoms with Gasteiger partial charge < -0.3 is 29.7 Å². The molecule has 228 valence electrons. The summed E-state index contributed by atoms with van der Waals surface area (Å²) >= 11 is 0. The molecule has 1 N–H and O–H groups in total. The van der Waals surface area contributed by atoms with Crippen molar-refractivity contribution in [2.45, 2.75) is 31.5 Å². The van der Waals surface area contributed by atoms with Crippen LogP contribution in [0, 0.1) is 0 Å². The Hall–Kier alpha value is -4.48. The number of para-hydroxylation sites is 1. The molecular weight excluding hydrogens is 556 g/mol. The van der Waals surface area contributed by atoms with Gasteiger partial charge in [0.05, 0.1) is 25.2 Å². The van der Waals surface area contributed by atoms with Crippen LogP contribution in [0.4, 0.5) is 33.6 Å². The Balaban J connectivity index is 1.16. The predicted molar refractivity (Wildman–Crippen MR) is 170 cm³/mol. The molecule has 5 heterocycles. The minimum atomic E-state index is -0.192. The molecule has 44 heavy (non-hydrogen) atoms. The molecule has 0 radical (unpaired) electrons. The zero-order valence-electron chi connectivity index (χ0n) is 25.1. The summed E-state index contributed by atoms with van der Waals surface area (Å²) in [6.45, 7) is 9.76. The maximum atomic E-state index is 14.3. The molecule has 7 rings (SSSR count). The summed E-state index contributed by atoms with van der Waals surface area (Å²) in [6, 6.07) is 15.8. The van der Waals surface area contributed by atoms with Crippen molar-refractivity contribution in [3.05, 3.63) is 78.5 Å². The average molecular weight is 595 g/mol. The van der Waals surface area contributed by atoms with E-state index in [9.17, 15) is 9.59 Å². The van der Waals surface area contributed by atoms with Crippen molar-refractivity contribution >= 4 is 40.8 Å². The van der Waals surface area contributed by atoms with Crippen LogP contribution in [0.3, 0.4) is 0 Å². The Kier molecular flexibility index (Phi) is 7.65. The average Bonchev–Trinajstić information content (AvgIpc) is 3.59. The lowest BCUT2D eigenvalue weighted by Gasteiger charge is -2.45. The summed E-state index contributed by atoms with van der Waals surface area (Å²) in [5.74, 6) is 0.932. The molecule has 4 aliphatic heterocycles. The highest BCUT2D eigenvalue weighted by Crippen LogP contribution is 2.42. The van der Waals surface area contributed by atoms with Crippen molar-refractivity contribution in [2.75, 3.05) is 73.0 Å². The van der Waals surface area contributed by atoms with E-state index in [2.05, 4.69) is 45.9 Å². The van der Waals surface area contributed by atoms with Crippen LogP contribution in [0.15, 0.2) is 67.4 Å². The third kappa shape index (κ3) is 5.26. The summed E-state index contributed by atoms with van der Waals surface area (Å²) < 4.78 is 5.72. The number of carbonyl (C=O) groups excluding carboxylic acids is 2. The zero-order chi connectivity index (χ0) is 30.2. The minimum absolute atomic E-state index is 0.0996. The summed E-state index contributed by atoms with van der Waals surface area (Å²) in [4.78, 5) is 46.7. The standard InChI is InChI=1S/C33H38N8O3/c1-3-30(42)39-14-12-29(27-6-4-5-7-28(27)39)40-21-23-20-34-32(36-31(23)41(33(40)43)26-13-19-44-22-26)35-24-8-10-25(11-9-24)38-17-15-37(2)16-18-38/h3-11,20,26,29H,1,12-19,21-22H2,2H3,(H,34,35,36). The quantitative estimate of drug-likeness (QED) is 0.425. The van der Waals surface area contributed by atoms with Crippen LogP contribution in [0.1, 0.15) is 30.0 Å². The molecule has 4 aliphatic rings. The highest BCUT2D eigenvalue weighted by Gasteiger charge is 2.43. The summed E-state index contributed by atoms with van der Waals surface area (Å²) in [7, 11) is 2.16. The molecule has 2 unspecified atom stereocenters. The summed E-state index contributed by atoms with van der Waals surface area (Å²) in [5.41, 5.74) is 4.74. The van der Waals surface area contributed by atoms with Gasteiger partial charge in [0, 0.05) is 68.2 Å². The number of aromatic nitrogens is 2. The number of nitrogens with zero attached hydrogens (tertiary/aromatic N) is 7. The molecule has 1 aromatic heterocycles. The van der Waals surface area contributed by atoms with Crippen LogP contribution in [-0.2, 0) is 16.1 Å². The summed E-state index contributed by atoms with van der Waals surface area (Å²) in [5, 5.41) is 3.35. The van der Waals surface area contributed by atoms with Gasteiger partial charge in [-0.05, 0) is 61.9 Å². The molecule has 2 saturated heterocycles. The second kappa shape index (κ2) is 11.9. The molecular formula is C33H38N8O3. The van der Waals surface area contributed by atoms with Crippen LogP contribution in [0.25, 0.3) is 0 Å². The van der Waals surface area contributed by atoms with Crippen LogP contribution >= 0.6 is 0 Å². The molecule has 0 spiro atoms. The smallest absolute Gasteiger partial charge is 0.326 e. The monoisotopic (exact) mass is 594 g/mol. The van der Waals surface area contributed by atoms with Gasteiger partial charge in [0.15, 0.2) is 0 Å². The molecule has 11 nitrogen and oxygen atoms in total. The lowest BCUT2D eigenvalue weighted by atomic mass is 9.94. The molecule has 11 heteroatoms. The van der Waals surface area contributed by atoms with Gasteiger partial charge in [-0.1, -0.05) is 24.8 Å². The van der Waals surface area contributed by atoms with Crippen LogP contribution < -0.4 is 20.0 Å². The van der Waals surface area contributed by atoms with E-state index >= 15 is 0 Å². The van der Waals surface area contributed by atoms with Crippen molar-refractivity contribution in [3.8, 4) is 0 Å². The zero-order valence-corrected chi connectivity index (χ0v) is 25.1. The highest BCUT2D eigenvalue weighted by molar-refractivity contribution is 6.02. The Morgan fingerprint density at radius 2 is 1.84 bits per heavy atom. The fourth-order valence-corrected chi connectivity index (χ4v) is 6.71. The number of hydrogen-bond acceptors (Lipinski definition) is 8. The molecule has 0 aliphatic carbocycles. The van der Waals surface area contributed by atoms with E-state index in [0.29, 0.717) is 44.5 Å². The van der Waals surface area contributed by atoms with E-state index in [1.54, 1.807) is 9.80 Å². The number of nitrogens with one attached hydrogen (secondary N) is 1. The maximum absolute atomic E-state index is 14.3. The Morgan fingerprint density at radius 1 is 1.05 bits per heavy atom. The van der Waals surface area contributed by atoms with Gasteiger partial charge in [-0.2, -0.15) is 4.98 Å². The van der Waals surface area contributed by atoms with Gasteiger partial charge >= 0.3 is 6.03 Å². The van der Waals surface area contributed by atoms with Gasteiger partial charge in [-0.15, -0.1) is 0 Å². The largest absolute Gasteiger partial charge is 0.379 e. The van der Waals surface area contributed by atoms with E-state index in [4.69, 9.17) is 9.72 Å². The van der Waals surface area contributed by atoms with E-state index in [0.717, 1.165) is 55.1 Å². The normalized spacial score (nSPS) is 22.1. The number of rotatable bonds is 6. The Bertz CT molecular complexity index is 1550. The number of anilines is 5. The van der Waals surface area contributed by atoms with Crippen LogP contribution in [0.2, 0.25) is 0 Å². The molecule has 2 atom stereocenters. The van der Waals surface area contributed by atoms with Crippen molar-refractivity contribution in [2.24, 2.45) is 0 Å². The van der Waals surface area contributed by atoms with Gasteiger partial charge in [-0.25, -0.2) is 9.78 Å². The van der Waals surface area contributed by atoms with E-state index in [1.807, 2.05) is 47.5 Å². The maximum Gasteiger partial charge on any atom is 0.326 e. The lowest BCUT2D eigenvalue weighted by molar-refractivity contribution is -0.114. The van der Waals surface area contributed by atoms with E-state index < -0.39 is 0 Å². The number of fused-ring (bicyclic) bond motifs is 2. The van der Waals surface area contributed by atoms with Gasteiger partial charge in [0.25, 0.3) is 0 Å². The van der Waals surface area contributed by atoms with Gasteiger partial charge in [0.2, 0.25) is 11.9 Å². The van der Waals surface area contributed by atoms with Crippen molar-refractivity contribution < 1.29 is 14.3 Å². The molecule has 2 fully saturated rings. The molecule has 3 aromatic rings. The first-order valence-corrected chi connectivity index (χ1v) is 15.4. The minimum Gasteiger partial charge on any atom is -0.379 e. The van der Waals surface area contributed by atoms with Crippen LogP contribution in [0.5, 0.6) is 0 Å². The number of hydrogen-bond donors (Lipinski definition) is 1. The number of benzene rings is 2. The Morgan fingerprint density at radius 3 is 2.59 bits per heavy atom. The second-order valence-corrected chi connectivity index (χ2v) is 11.9. The topological polar surface area (TPSA) is 97.4 Å². The van der Waals surface area contributed by atoms with E-state index in [-0.39, 0.29) is 24.0 Å². The lowest BCUT2D eigenvalue weighted by Crippen LogP contribution is -2.54. The number of urea groups is 1. The first kappa shape index (κ1) is 28.3. The first-order chi connectivity index (χ1) is 21.5. The number of carbonyl (C=O) groups is 2. The first-order valence-electron chi connectivity index (χ1n) is 15.4. The molecule has 2 aromatic carbocycles. The number of piperazine rings is 1.